The molecular formula is C33H31F4N5O2. The number of carbonyl (C=O) groups excluding carboxylic acids is 2. The summed E-state index contributed by atoms with van der Waals surface area (Å²) in [6, 6.07) is 18.0. The fraction of sp³-hybridized carbons (Fsp3) is 0.303. The fourth-order valence-electron chi connectivity index (χ4n) is 6.18. The number of hydrogen-bond donors (Lipinski definition) is 1. The van der Waals surface area contributed by atoms with Crippen LogP contribution in [0.1, 0.15) is 58.4 Å². The maximum atomic E-state index is 14.3. The Labute approximate surface area is 252 Å². The van der Waals surface area contributed by atoms with Crippen molar-refractivity contribution in [2.45, 2.75) is 44.4 Å². The Morgan fingerprint density at radius 1 is 0.977 bits per heavy atom. The molecule has 1 N–H and O–H groups in total. The van der Waals surface area contributed by atoms with Crippen molar-refractivity contribution in [3.63, 3.8) is 0 Å². The summed E-state index contributed by atoms with van der Waals surface area (Å²) in [4.78, 5) is 31.7. The minimum absolute atomic E-state index is 0.225. The minimum atomic E-state index is -4.64. The largest absolute Gasteiger partial charge is 0.416 e. The Morgan fingerprint density at radius 3 is 2.34 bits per heavy atom. The van der Waals surface area contributed by atoms with Crippen LogP contribution in [0.5, 0.6) is 0 Å². The highest BCUT2D eigenvalue weighted by molar-refractivity contribution is 6.05. The molecule has 1 fully saturated rings. The van der Waals surface area contributed by atoms with Crippen LogP contribution in [0.4, 0.5) is 23.4 Å². The lowest BCUT2D eigenvalue weighted by molar-refractivity contribution is -0.137. The first-order valence-corrected chi connectivity index (χ1v) is 14.6. The van der Waals surface area contributed by atoms with E-state index in [4.69, 9.17) is 5.10 Å². The summed E-state index contributed by atoms with van der Waals surface area (Å²) in [5, 5.41) is 7.79. The number of hydrogen-bond acceptors (Lipinski definition) is 4. The van der Waals surface area contributed by atoms with Crippen molar-refractivity contribution < 1.29 is 27.2 Å². The SMILES string of the molecule is CCN1C(=O)C(NC(=O)c2cccc(C(F)(F)F)c2)C(c2ccc(F)cc2)c2c(CN3CCCC3)nn(-c3ccccc3)c21. The van der Waals surface area contributed by atoms with Gasteiger partial charge in [-0.3, -0.25) is 19.4 Å². The molecule has 11 heteroatoms. The summed E-state index contributed by atoms with van der Waals surface area (Å²) in [5.74, 6) is -1.97. The molecule has 3 heterocycles. The minimum Gasteiger partial charge on any atom is -0.339 e. The molecule has 1 saturated heterocycles. The number of fused-ring (bicyclic) bond motifs is 1. The Bertz CT molecular complexity index is 1660. The predicted octanol–water partition coefficient (Wildman–Crippen LogP) is 5.92. The van der Waals surface area contributed by atoms with E-state index >= 15 is 0 Å². The number of alkyl halides is 3. The number of rotatable bonds is 7. The smallest absolute Gasteiger partial charge is 0.339 e. The van der Waals surface area contributed by atoms with Crippen LogP contribution in [-0.2, 0) is 17.5 Å². The number of nitrogens with one attached hydrogen (secondary N) is 1. The third-order valence-electron chi connectivity index (χ3n) is 8.26. The molecule has 2 aliphatic rings. The number of aromatic nitrogens is 2. The lowest BCUT2D eigenvalue weighted by Gasteiger charge is -2.38. The average molecular weight is 606 g/mol. The quantitative estimate of drug-likeness (QED) is 0.266. The first kappa shape index (κ1) is 29.6. The Kier molecular flexibility index (Phi) is 7.98. The van der Waals surface area contributed by atoms with E-state index in [9.17, 15) is 27.2 Å². The second-order valence-corrected chi connectivity index (χ2v) is 11.1. The van der Waals surface area contributed by atoms with Crippen molar-refractivity contribution in [3.8, 4) is 5.69 Å². The van der Waals surface area contributed by atoms with Crippen molar-refractivity contribution >= 4 is 17.6 Å². The number of anilines is 1. The van der Waals surface area contributed by atoms with E-state index in [0.29, 0.717) is 29.2 Å². The van der Waals surface area contributed by atoms with Crippen molar-refractivity contribution in [3.05, 3.63) is 113 Å². The number of amides is 2. The molecule has 0 radical (unpaired) electrons. The van der Waals surface area contributed by atoms with E-state index in [1.165, 1.54) is 18.2 Å². The van der Waals surface area contributed by atoms with Gasteiger partial charge in [-0.25, -0.2) is 9.07 Å². The normalized spacial score (nSPS) is 18.8. The van der Waals surface area contributed by atoms with Crippen LogP contribution < -0.4 is 10.2 Å². The molecular weight excluding hydrogens is 574 g/mol. The highest BCUT2D eigenvalue weighted by atomic mass is 19.4. The Morgan fingerprint density at radius 2 is 1.68 bits per heavy atom. The maximum absolute atomic E-state index is 14.3. The molecule has 0 spiro atoms. The van der Waals surface area contributed by atoms with Crippen LogP contribution in [0.3, 0.4) is 0 Å². The average Bonchev–Trinajstić information content (AvgIpc) is 3.67. The summed E-state index contributed by atoms with van der Waals surface area (Å²) in [5.41, 5.74) is 1.54. The van der Waals surface area contributed by atoms with Gasteiger partial charge in [0.05, 0.1) is 16.9 Å². The van der Waals surface area contributed by atoms with Gasteiger partial charge < -0.3 is 5.32 Å². The van der Waals surface area contributed by atoms with Crippen molar-refractivity contribution in [1.29, 1.82) is 0 Å². The number of nitrogens with zero attached hydrogens (tertiary/aromatic N) is 4. The molecule has 4 aromatic rings. The molecule has 2 atom stereocenters. The molecule has 0 saturated carbocycles. The molecule has 3 aromatic carbocycles. The number of carbonyl (C=O) groups is 2. The molecule has 2 amide bonds. The van der Waals surface area contributed by atoms with E-state index in [-0.39, 0.29) is 12.1 Å². The standard InChI is InChI=1S/C33H31F4N5O2/c1-2-41-31-28(26(20-40-17-6-7-18-40)39-42(31)25-11-4-3-5-12-25)27(21-13-15-24(34)16-14-21)29(32(41)44)38-30(43)22-9-8-10-23(19-22)33(35,36)37/h3-5,8-16,19,27,29H,2,6-7,17-18,20H2,1H3,(H,38,43). The van der Waals surface area contributed by atoms with Gasteiger partial charge in [0.25, 0.3) is 11.8 Å². The number of likely N-dealkylation sites (tertiary alicyclic amines) is 1. The molecule has 2 unspecified atom stereocenters. The highest BCUT2D eigenvalue weighted by Crippen LogP contribution is 2.44. The number of likely N-dealkylation sites (N-methyl/N-ethyl adjacent to an activating group) is 1. The zero-order valence-electron chi connectivity index (χ0n) is 24.0. The van der Waals surface area contributed by atoms with Gasteiger partial charge in [-0.2, -0.15) is 18.3 Å². The van der Waals surface area contributed by atoms with Crippen LogP contribution in [0.2, 0.25) is 0 Å². The third kappa shape index (κ3) is 5.59. The van der Waals surface area contributed by atoms with E-state index in [1.807, 2.05) is 37.3 Å². The van der Waals surface area contributed by atoms with Gasteiger partial charge in [0.1, 0.15) is 17.7 Å². The molecule has 7 nitrogen and oxygen atoms in total. The highest BCUT2D eigenvalue weighted by Gasteiger charge is 2.46. The molecule has 228 valence electrons. The number of halogens is 4. The Balaban J connectivity index is 1.52. The number of benzene rings is 3. The maximum Gasteiger partial charge on any atom is 0.416 e. The Hall–Kier alpha value is -4.51. The van der Waals surface area contributed by atoms with Gasteiger partial charge in [0.2, 0.25) is 0 Å². The molecule has 0 aliphatic carbocycles. The molecule has 2 aliphatic heterocycles. The van der Waals surface area contributed by atoms with Gasteiger partial charge in [-0.1, -0.05) is 36.4 Å². The van der Waals surface area contributed by atoms with Crippen molar-refractivity contribution in [2.75, 3.05) is 24.5 Å². The molecule has 0 bridgehead atoms. The van der Waals surface area contributed by atoms with E-state index in [1.54, 1.807) is 21.7 Å². The topological polar surface area (TPSA) is 70.5 Å². The second-order valence-electron chi connectivity index (χ2n) is 11.1. The lowest BCUT2D eigenvalue weighted by atomic mass is 9.80. The lowest BCUT2D eigenvalue weighted by Crippen LogP contribution is -2.55. The first-order chi connectivity index (χ1) is 21.2. The van der Waals surface area contributed by atoms with E-state index in [0.717, 1.165) is 49.8 Å². The second kappa shape index (κ2) is 11.9. The summed E-state index contributed by atoms with van der Waals surface area (Å²) in [7, 11) is 0. The van der Waals surface area contributed by atoms with Gasteiger partial charge in [-0.05, 0) is 80.9 Å². The van der Waals surface area contributed by atoms with E-state index in [2.05, 4.69) is 10.2 Å². The van der Waals surface area contributed by atoms with Crippen LogP contribution in [0.25, 0.3) is 5.69 Å². The zero-order valence-corrected chi connectivity index (χ0v) is 24.0. The van der Waals surface area contributed by atoms with Gasteiger partial charge >= 0.3 is 6.18 Å². The van der Waals surface area contributed by atoms with Crippen LogP contribution in [-0.4, -0.2) is 52.2 Å². The predicted molar refractivity (Wildman–Crippen MR) is 157 cm³/mol. The van der Waals surface area contributed by atoms with Crippen LogP contribution in [0.15, 0.2) is 78.9 Å². The zero-order chi connectivity index (χ0) is 31.0. The summed E-state index contributed by atoms with van der Waals surface area (Å²) in [6.07, 6.45) is -2.53. The number of para-hydroxylation sites is 1. The fourth-order valence-corrected chi connectivity index (χ4v) is 6.18. The summed E-state index contributed by atoms with van der Waals surface area (Å²) in [6.45, 7) is 4.34. The first-order valence-electron chi connectivity index (χ1n) is 14.6. The van der Waals surface area contributed by atoms with Gasteiger partial charge in [0.15, 0.2) is 0 Å². The van der Waals surface area contributed by atoms with Crippen LogP contribution >= 0.6 is 0 Å². The van der Waals surface area contributed by atoms with Crippen molar-refractivity contribution in [2.24, 2.45) is 0 Å². The van der Waals surface area contributed by atoms with Crippen LogP contribution in [0, 0.1) is 5.82 Å². The molecule has 44 heavy (non-hydrogen) atoms. The van der Waals surface area contributed by atoms with Gasteiger partial charge in [0, 0.05) is 30.1 Å². The van der Waals surface area contributed by atoms with Gasteiger partial charge in [-0.15, -0.1) is 0 Å². The van der Waals surface area contributed by atoms with E-state index < -0.39 is 41.3 Å². The van der Waals surface area contributed by atoms with Crippen molar-refractivity contribution in [1.82, 2.24) is 20.0 Å². The molecule has 1 aromatic heterocycles. The summed E-state index contributed by atoms with van der Waals surface area (Å²) >= 11 is 0. The third-order valence-corrected chi connectivity index (χ3v) is 8.26. The molecule has 6 rings (SSSR count). The summed E-state index contributed by atoms with van der Waals surface area (Å²) < 4.78 is 56.2. The monoisotopic (exact) mass is 605 g/mol.